The number of benzene rings is 1. The van der Waals surface area contributed by atoms with E-state index in [0.717, 1.165) is 18.4 Å². The van der Waals surface area contributed by atoms with E-state index in [2.05, 4.69) is 10.3 Å². The summed E-state index contributed by atoms with van der Waals surface area (Å²) in [4.78, 5) is 30.3. The summed E-state index contributed by atoms with van der Waals surface area (Å²) in [6.07, 6.45) is 4.08. The summed E-state index contributed by atoms with van der Waals surface area (Å²) >= 11 is 0. The van der Waals surface area contributed by atoms with E-state index in [4.69, 9.17) is 4.42 Å². The van der Waals surface area contributed by atoms with Crippen LogP contribution in [0.2, 0.25) is 0 Å². The molecule has 1 saturated carbocycles. The van der Waals surface area contributed by atoms with Gasteiger partial charge in [-0.05, 0) is 25.7 Å². The number of hydrogen-bond donors (Lipinski definition) is 2. The molecule has 142 valence electrons. The second-order valence-electron chi connectivity index (χ2n) is 7.53. The summed E-state index contributed by atoms with van der Waals surface area (Å²) < 4.78 is 5.79. The third-order valence-electron chi connectivity index (χ3n) is 5.88. The summed E-state index contributed by atoms with van der Waals surface area (Å²) in [5.74, 6) is 0.331. The van der Waals surface area contributed by atoms with Gasteiger partial charge >= 0.3 is 12.0 Å². The van der Waals surface area contributed by atoms with Crippen molar-refractivity contribution in [2.24, 2.45) is 11.3 Å². The molecule has 1 aliphatic heterocycles. The fraction of sp³-hybridized carbons (Fsp3) is 0.450. The molecular formula is C20H23N3O4. The van der Waals surface area contributed by atoms with Crippen molar-refractivity contribution < 1.29 is 19.1 Å². The quantitative estimate of drug-likeness (QED) is 0.862. The zero-order chi connectivity index (χ0) is 19.0. The van der Waals surface area contributed by atoms with Crippen LogP contribution in [0.4, 0.5) is 4.79 Å². The summed E-state index contributed by atoms with van der Waals surface area (Å²) in [6, 6.07) is 8.97. The van der Waals surface area contributed by atoms with Crippen molar-refractivity contribution in [1.82, 2.24) is 15.2 Å². The molecule has 2 aromatic rings. The van der Waals surface area contributed by atoms with E-state index in [1.54, 1.807) is 11.1 Å². The zero-order valence-electron chi connectivity index (χ0n) is 15.2. The Morgan fingerprint density at radius 2 is 2.15 bits per heavy atom. The highest BCUT2D eigenvalue weighted by atomic mass is 16.4. The number of fused-ring (bicyclic) bond motifs is 1. The molecule has 7 heteroatoms. The van der Waals surface area contributed by atoms with Gasteiger partial charge in [0.2, 0.25) is 5.89 Å². The van der Waals surface area contributed by atoms with E-state index < -0.39 is 17.4 Å². The van der Waals surface area contributed by atoms with E-state index in [9.17, 15) is 14.7 Å². The van der Waals surface area contributed by atoms with E-state index in [0.29, 0.717) is 24.6 Å². The van der Waals surface area contributed by atoms with Crippen LogP contribution in [0.15, 0.2) is 40.9 Å². The summed E-state index contributed by atoms with van der Waals surface area (Å²) in [7, 11) is 0. The normalized spacial score (nSPS) is 25.2. The molecule has 1 aromatic carbocycles. The van der Waals surface area contributed by atoms with Crippen molar-refractivity contribution in [1.29, 1.82) is 0 Å². The molecule has 1 saturated heterocycles. The van der Waals surface area contributed by atoms with Crippen molar-refractivity contribution in [2.75, 3.05) is 13.1 Å². The molecule has 0 spiro atoms. The average Bonchev–Trinajstić information content (AvgIpc) is 3.36. The molecule has 2 N–H and O–H groups in total. The second-order valence-corrected chi connectivity index (χ2v) is 7.53. The van der Waals surface area contributed by atoms with Crippen LogP contribution < -0.4 is 5.32 Å². The van der Waals surface area contributed by atoms with Gasteiger partial charge in [0, 0.05) is 18.7 Å². The van der Waals surface area contributed by atoms with Crippen LogP contribution in [-0.4, -0.2) is 40.1 Å². The molecule has 2 heterocycles. The highest BCUT2D eigenvalue weighted by Gasteiger charge is 2.55. The number of carbonyl (C=O) groups excluding carboxylic acids is 1. The van der Waals surface area contributed by atoms with Gasteiger partial charge in [0.15, 0.2) is 5.76 Å². The van der Waals surface area contributed by atoms with Gasteiger partial charge in [-0.3, -0.25) is 4.79 Å². The Balaban J connectivity index is 1.42. The maximum Gasteiger partial charge on any atom is 0.318 e. The third-order valence-corrected chi connectivity index (χ3v) is 5.88. The molecule has 27 heavy (non-hydrogen) atoms. The van der Waals surface area contributed by atoms with Crippen molar-refractivity contribution in [3.63, 3.8) is 0 Å². The Morgan fingerprint density at radius 1 is 1.37 bits per heavy atom. The lowest BCUT2D eigenvalue weighted by atomic mass is 9.81. The maximum absolute atomic E-state index is 12.7. The molecule has 2 aliphatic rings. The van der Waals surface area contributed by atoms with Gasteiger partial charge in [-0.25, -0.2) is 9.78 Å². The number of carboxylic acid groups (broad SMARTS) is 1. The number of nitrogens with one attached hydrogen (secondary N) is 1. The van der Waals surface area contributed by atoms with Gasteiger partial charge in [0.05, 0.1) is 11.6 Å². The van der Waals surface area contributed by atoms with Crippen LogP contribution in [0.25, 0.3) is 11.3 Å². The van der Waals surface area contributed by atoms with Gasteiger partial charge in [-0.15, -0.1) is 0 Å². The third kappa shape index (κ3) is 3.07. The number of carbonyl (C=O) groups is 2. The first-order valence-electron chi connectivity index (χ1n) is 9.29. The molecule has 1 aliphatic carbocycles. The predicted molar refractivity (Wildman–Crippen MR) is 97.9 cm³/mol. The molecule has 2 fully saturated rings. The van der Waals surface area contributed by atoms with Gasteiger partial charge < -0.3 is 19.7 Å². The van der Waals surface area contributed by atoms with Gasteiger partial charge in [0.1, 0.15) is 6.04 Å². The van der Waals surface area contributed by atoms with Crippen LogP contribution in [0.1, 0.15) is 38.1 Å². The van der Waals surface area contributed by atoms with Crippen LogP contribution in [0.3, 0.4) is 0 Å². The van der Waals surface area contributed by atoms with Crippen LogP contribution >= 0.6 is 0 Å². The van der Waals surface area contributed by atoms with Crippen LogP contribution in [0.5, 0.6) is 0 Å². The zero-order valence-corrected chi connectivity index (χ0v) is 15.2. The molecular weight excluding hydrogens is 346 g/mol. The molecule has 1 aromatic heterocycles. The molecule has 7 nitrogen and oxygen atoms in total. The van der Waals surface area contributed by atoms with E-state index in [1.807, 2.05) is 37.3 Å². The van der Waals surface area contributed by atoms with Crippen molar-refractivity contribution in [3.05, 3.63) is 42.4 Å². The fourth-order valence-corrected chi connectivity index (χ4v) is 4.36. The van der Waals surface area contributed by atoms with Crippen LogP contribution in [-0.2, 0) is 4.79 Å². The SMILES string of the molecule is CC(NC(=O)N1C[C@@H]2CCC[C@@]2(C(=O)O)C1)c1ncc(-c2ccccc2)o1. The average molecular weight is 369 g/mol. The molecule has 0 bridgehead atoms. The minimum atomic E-state index is -0.784. The molecule has 4 rings (SSSR count). The number of rotatable bonds is 4. The van der Waals surface area contributed by atoms with Crippen molar-refractivity contribution >= 4 is 12.0 Å². The van der Waals surface area contributed by atoms with Crippen LogP contribution in [0, 0.1) is 11.3 Å². The minimum Gasteiger partial charge on any atom is -0.481 e. The molecule has 0 radical (unpaired) electrons. The Kier molecular flexibility index (Phi) is 4.37. The van der Waals surface area contributed by atoms with Gasteiger partial charge in [-0.2, -0.15) is 0 Å². The molecule has 2 amide bonds. The second kappa shape index (κ2) is 6.72. The van der Waals surface area contributed by atoms with Gasteiger partial charge in [0.25, 0.3) is 0 Å². The smallest absolute Gasteiger partial charge is 0.318 e. The number of likely N-dealkylation sites (tertiary alicyclic amines) is 1. The Labute approximate surface area is 157 Å². The number of oxazole rings is 1. The minimum absolute atomic E-state index is 0.0440. The number of nitrogens with zero attached hydrogens (tertiary/aromatic N) is 2. The summed E-state index contributed by atoms with van der Waals surface area (Å²) in [5, 5.41) is 12.5. The largest absolute Gasteiger partial charge is 0.481 e. The number of hydrogen-bond acceptors (Lipinski definition) is 4. The lowest BCUT2D eigenvalue weighted by Crippen LogP contribution is -2.42. The Bertz CT molecular complexity index is 850. The Morgan fingerprint density at radius 3 is 2.85 bits per heavy atom. The van der Waals surface area contributed by atoms with Gasteiger partial charge in [-0.1, -0.05) is 36.8 Å². The Hall–Kier alpha value is -2.83. The molecule has 1 unspecified atom stereocenters. The number of amides is 2. The van der Waals surface area contributed by atoms with E-state index >= 15 is 0 Å². The number of carboxylic acids is 1. The lowest BCUT2D eigenvalue weighted by molar-refractivity contribution is -0.149. The topological polar surface area (TPSA) is 95.7 Å². The van der Waals surface area contributed by atoms with Crippen molar-refractivity contribution in [2.45, 2.75) is 32.2 Å². The summed E-state index contributed by atoms with van der Waals surface area (Å²) in [6.45, 7) is 2.57. The monoisotopic (exact) mass is 369 g/mol. The maximum atomic E-state index is 12.7. The predicted octanol–water partition coefficient (Wildman–Crippen LogP) is 3.30. The van der Waals surface area contributed by atoms with Crippen molar-refractivity contribution in [3.8, 4) is 11.3 Å². The van der Waals surface area contributed by atoms with E-state index in [1.165, 1.54) is 0 Å². The first kappa shape index (κ1) is 17.6. The van der Waals surface area contributed by atoms with E-state index in [-0.39, 0.29) is 18.5 Å². The highest BCUT2D eigenvalue weighted by Crippen LogP contribution is 2.48. The number of aromatic nitrogens is 1. The molecule has 3 atom stereocenters. The number of aliphatic carboxylic acids is 1. The summed E-state index contributed by atoms with van der Waals surface area (Å²) in [5.41, 5.74) is 0.148. The number of urea groups is 1. The lowest BCUT2D eigenvalue weighted by Gasteiger charge is -2.24. The fourth-order valence-electron chi connectivity index (χ4n) is 4.36. The standard InChI is InChI=1S/C20H23N3O4/c1-13(17-21-10-16(27-17)14-6-3-2-4-7-14)22-19(26)23-11-15-8-5-9-20(15,12-23)18(24)25/h2-4,6-7,10,13,15H,5,8-9,11-12H2,1H3,(H,22,26)(H,24,25)/t13?,15-,20+/m0/s1. The first-order chi connectivity index (χ1) is 13.0. The highest BCUT2D eigenvalue weighted by molar-refractivity contribution is 5.80. The first-order valence-corrected chi connectivity index (χ1v) is 9.29.